The summed E-state index contributed by atoms with van der Waals surface area (Å²) in [6.45, 7) is 8.06. The number of nitrogens with one attached hydrogen (secondary N) is 1. The Morgan fingerprint density at radius 3 is 2.62 bits per heavy atom. The van der Waals surface area contributed by atoms with Crippen LogP contribution in [0.5, 0.6) is 0 Å². The average Bonchev–Trinajstić information content (AvgIpc) is 2.56. The number of para-hydroxylation sites is 1. The van der Waals surface area contributed by atoms with Crippen LogP contribution in [-0.2, 0) is 6.42 Å². The van der Waals surface area contributed by atoms with Crippen LogP contribution < -0.4 is 5.32 Å². The first-order valence-electron chi connectivity index (χ1n) is 8.27. The van der Waals surface area contributed by atoms with Gasteiger partial charge in [-0.1, -0.05) is 36.8 Å². The zero-order chi connectivity index (χ0) is 17.3. The Kier molecular flexibility index (Phi) is 4.34. The number of amides is 1. The molecule has 0 aliphatic rings. The van der Waals surface area contributed by atoms with Gasteiger partial charge in [-0.3, -0.25) is 9.78 Å². The van der Waals surface area contributed by atoms with E-state index in [4.69, 9.17) is 0 Å². The molecule has 1 aromatic heterocycles. The minimum absolute atomic E-state index is 0.0832. The lowest BCUT2D eigenvalue weighted by Gasteiger charge is -2.14. The molecule has 0 radical (unpaired) electrons. The molecule has 0 atom stereocenters. The van der Waals surface area contributed by atoms with Crippen LogP contribution in [0.2, 0.25) is 0 Å². The molecule has 0 unspecified atom stereocenters. The van der Waals surface area contributed by atoms with Crippen molar-refractivity contribution in [1.82, 2.24) is 4.98 Å². The highest BCUT2D eigenvalue weighted by atomic mass is 16.1. The van der Waals surface area contributed by atoms with Crippen LogP contribution in [0, 0.1) is 20.8 Å². The number of hydrogen-bond acceptors (Lipinski definition) is 2. The maximum atomic E-state index is 13.0. The molecule has 1 amide bonds. The van der Waals surface area contributed by atoms with Crippen LogP contribution in [0.1, 0.15) is 39.7 Å². The molecule has 3 rings (SSSR count). The normalized spacial score (nSPS) is 10.8. The molecule has 1 heterocycles. The van der Waals surface area contributed by atoms with Gasteiger partial charge in [0.1, 0.15) is 0 Å². The predicted molar refractivity (Wildman–Crippen MR) is 99.7 cm³/mol. The topological polar surface area (TPSA) is 42.0 Å². The van der Waals surface area contributed by atoms with E-state index in [9.17, 15) is 4.79 Å². The summed E-state index contributed by atoms with van der Waals surface area (Å²) < 4.78 is 0. The van der Waals surface area contributed by atoms with E-state index in [1.54, 1.807) is 0 Å². The molecule has 0 spiro atoms. The number of aryl methyl sites for hydroxylation is 4. The van der Waals surface area contributed by atoms with E-state index in [-0.39, 0.29) is 5.91 Å². The quantitative estimate of drug-likeness (QED) is 0.740. The summed E-state index contributed by atoms with van der Waals surface area (Å²) in [7, 11) is 0. The molecule has 0 aliphatic heterocycles. The molecular formula is C21H22N2O. The number of benzene rings is 2. The second-order valence-electron chi connectivity index (χ2n) is 6.25. The number of aromatic nitrogens is 1. The number of hydrogen-bond donors (Lipinski definition) is 1. The van der Waals surface area contributed by atoms with Gasteiger partial charge in [-0.15, -0.1) is 0 Å². The molecule has 1 N–H and O–H groups in total. The fourth-order valence-corrected chi connectivity index (χ4v) is 3.04. The number of carbonyl (C=O) groups is 1. The third-order valence-corrected chi connectivity index (χ3v) is 4.32. The van der Waals surface area contributed by atoms with Crippen LogP contribution in [0.3, 0.4) is 0 Å². The predicted octanol–water partition coefficient (Wildman–Crippen LogP) is 4.97. The smallest absolute Gasteiger partial charge is 0.256 e. The van der Waals surface area contributed by atoms with Gasteiger partial charge in [-0.25, -0.2) is 0 Å². The Morgan fingerprint density at radius 2 is 1.88 bits per heavy atom. The number of nitrogens with zero attached hydrogens (tertiary/aromatic N) is 1. The average molecular weight is 318 g/mol. The molecule has 0 saturated heterocycles. The second kappa shape index (κ2) is 6.44. The molecule has 0 fully saturated rings. The molecule has 0 aliphatic carbocycles. The zero-order valence-corrected chi connectivity index (χ0v) is 14.6. The molecule has 0 saturated carbocycles. The lowest BCUT2D eigenvalue weighted by atomic mass is 10.0. The van der Waals surface area contributed by atoms with E-state index in [1.807, 2.05) is 57.2 Å². The summed E-state index contributed by atoms with van der Waals surface area (Å²) in [6, 6.07) is 14.0. The third-order valence-electron chi connectivity index (χ3n) is 4.32. The Hall–Kier alpha value is -2.68. The van der Waals surface area contributed by atoms with Crippen molar-refractivity contribution in [3.63, 3.8) is 0 Å². The van der Waals surface area contributed by atoms with Crippen LogP contribution in [0.4, 0.5) is 5.69 Å². The van der Waals surface area contributed by atoms with Crippen molar-refractivity contribution in [1.29, 1.82) is 0 Å². The molecule has 2 aromatic carbocycles. The van der Waals surface area contributed by atoms with Gasteiger partial charge in [0.25, 0.3) is 5.91 Å². The van der Waals surface area contributed by atoms with Gasteiger partial charge < -0.3 is 5.32 Å². The van der Waals surface area contributed by atoms with Crippen LogP contribution in [0.15, 0.2) is 42.5 Å². The van der Waals surface area contributed by atoms with Gasteiger partial charge in [-0.2, -0.15) is 0 Å². The third kappa shape index (κ3) is 3.02. The Bertz CT molecular complexity index is 929. The Balaban J connectivity index is 2.08. The summed E-state index contributed by atoms with van der Waals surface area (Å²) in [4.78, 5) is 17.5. The minimum atomic E-state index is -0.0832. The maximum absolute atomic E-state index is 13.0. The van der Waals surface area contributed by atoms with Gasteiger partial charge in [0.2, 0.25) is 0 Å². The van der Waals surface area contributed by atoms with Gasteiger partial charge >= 0.3 is 0 Å². The van der Waals surface area contributed by atoms with Crippen molar-refractivity contribution in [2.75, 3.05) is 5.32 Å². The van der Waals surface area contributed by atoms with Crippen molar-refractivity contribution in [3.8, 4) is 0 Å². The highest BCUT2D eigenvalue weighted by molar-refractivity contribution is 6.13. The Morgan fingerprint density at radius 1 is 1.08 bits per heavy atom. The first-order chi connectivity index (χ1) is 11.5. The van der Waals surface area contributed by atoms with Crippen molar-refractivity contribution in [3.05, 3.63) is 70.4 Å². The molecule has 24 heavy (non-hydrogen) atoms. The lowest BCUT2D eigenvalue weighted by molar-refractivity contribution is 0.102. The van der Waals surface area contributed by atoms with Crippen molar-refractivity contribution < 1.29 is 4.79 Å². The highest BCUT2D eigenvalue weighted by Crippen LogP contribution is 2.25. The molecule has 3 nitrogen and oxygen atoms in total. The highest BCUT2D eigenvalue weighted by Gasteiger charge is 2.15. The molecule has 0 bridgehead atoms. The fourth-order valence-electron chi connectivity index (χ4n) is 3.04. The van der Waals surface area contributed by atoms with E-state index in [1.165, 1.54) is 0 Å². The Labute approximate surface area is 142 Å². The summed E-state index contributed by atoms with van der Waals surface area (Å²) >= 11 is 0. The molecule has 3 heteroatoms. The number of pyridine rings is 1. The van der Waals surface area contributed by atoms with Gasteiger partial charge in [0.15, 0.2) is 0 Å². The largest absolute Gasteiger partial charge is 0.321 e. The van der Waals surface area contributed by atoms with E-state index < -0.39 is 0 Å². The standard InChI is InChI=1S/C21H22N2O/c1-5-16-8-6-7-14(3)20(16)23-21(24)18-12-15(4)22-19-10-9-13(2)11-17(18)19/h6-12H,5H2,1-4H3,(H,23,24). The van der Waals surface area contributed by atoms with Gasteiger partial charge in [-0.05, 0) is 56.5 Å². The van der Waals surface area contributed by atoms with Gasteiger partial charge in [0, 0.05) is 16.8 Å². The van der Waals surface area contributed by atoms with E-state index in [0.717, 1.165) is 45.4 Å². The molecule has 122 valence electrons. The van der Waals surface area contributed by atoms with Crippen molar-refractivity contribution in [2.24, 2.45) is 0 Å². The number of fused-ring (bicyclic) bond motifs is 1. The molecule has 3 aromatic rings. The van der Waals surface area contributed by atoms with Crippen molar-refractivity contribution >= 4 is 22.5 Å². The number of rotatable bonds is 3. The van der Waals surface area contributed by atoms with Crippen LogP contribution in [-0.4, -0.2) is 10.9 Å². The summed E-state index contributed by atoms with van der Waals surface area (Å²) in [6.07, 6.45) is 0.881. The monoisotopic (exact) mass is 318 g/mol. The number of carbonyl (C=O) groups excluding carboxylic acids is 1. The molecular weight excluding hydrogens is 296 g/mol. The summed E-state index contributed by atoms with van der Waals surface area (Å²) in [5, 5.41) is 4.01. The summed E-state index contributed by atoms with van der Waals surface area (Å²) in [5.74, 6) is -0.0832. The first kappa shape index (κ1) is 16.2. The maximum Gasteiger partial charge on any atom is 0.256 e. The van der Waals surface area contributed by atoms with Crippen molar-refractivity contribution in [2.45, 2.75) is 34.1 Å². The summed E-state index contributed by atoms with van der Waals surface area (Å²) in [5.41, 5.74) is 6.63. The minimum Gasteiger partial charge on any atom is -0.321 e. The SMILES string of the molecule is CCc1cccc(C)c1NC(=O)c1cc(C)nc2ccc(C)cc12. The van der Waals surface area contributed by atoms with Gasteiger partial charge in [0.05, 0.1) is 11.1 Å². The first-order valence-corrected chi connectivity index (χ1v) is 8.27. The van der Waals surface area contributed by atoms with E-state index >= 15 is 0 Å². The van der Waals surface area contributed by atoms with Crippen LogP contribution in [0.25, 0.3) is 10.9 Å². The van der Waals surface area contributed by atoms with E-state index in [2.05, 4.69) is 23.3 Å². The number of anilines is 1. The zero-order valence-electron chi connectivity index (χ0n) is 14.6. The fraction of sp³-hybridized carbons (Fsp3) is 0.238. The van der Waals surface area contributed by atoms with Crippen LogP contribution >= 0.6 is 0 Å². The lowest BCUT2D eigenvalue weighted by Crippen LogP contribution is -2.15. The van der Waals surface area contributed by atoms with E-state index in [0.29, 0.717) is 5.56 Å². The second-order valence-corrected chi connectivity index (χ2v) is 6.25.